The molecule has 0 aliphatic rings. The summed E-state index contributed by atoms with van der Waals surface area (Å²) in [6.07, 6.45) is 0. The van der Waals surface area contributed by atoms with Crippen molar-refractivity contribution >= 4 is 44.5 Å². The van der Waals surface area contributed by atoms with E-state index in [1.54, 1.807) is 7.05 Å². The smallest absolute Gasteiger partial charge is 0.353 e. The van der Waals surface area contributed by atoms with E-state index >= 15 is 0 Å². The summed E-state index contributed by atoms with van der Waals surface area (Å²) in [7, 11) is 1.69. The van der Waals surface area contributed by atoms with Crippen LogP contribution in [0.15, 0.2) is 4.60 Å². The molecule has 0 unspecified atom stereocenters. The van der Waals surface area contributed by atoms with Crippen molar-refractivity contribution in [1.82, 2.24) is 14.8 Å². The van der Waals surface area contributed by atoms with Crippen molar-refractivity contribution in [2.45, 2.75) is 0 Å². The Morgan fingerprint density at radius 1 is 1.71 bits per heavy atom. The van der Waals surface area contributed by atoms with Gasteiger partial charge in [0.15, 0.2) is 4.60 Å². The highest BCUT2D eigenvalue weighted by atomic mass is 79.9. The van der Waals surface area contributed by atoms with E-state index < -0.39 is 5.97 Å². The Kier molecular flexibility index (Phi) is 2.04. The zero-order valence-corrected chi connectivity index (χ0v) is 9.35. The van der Waals surface area contributed by atoms with Crippen LogP contribution in [0.3, 0.4) is 0 Å². The van der Waals surface area contributed by atoms with Crippen molar-refractivity contribution in [3.05, 3.63) is 15.3 Å². The van der Waals surface area contributed by atoms with Crippen molar-refractivity contribution in [3.63, 3.8) is 0 Å². The lowest BCUT2D eigenvalue weighted by atomic mass is 10.4. The first-order chi connectivity index (χ1) is 6.52. The number of nitrogens with one attached hydrogen (secondary N) is 1. The topological polar surface area (TPSA) is 70.9 Å². The molecule has 2 aromatic heterocycles. The number of carboxylic acids is 1. The van der Waals surface area contributed by atoms with E-state index in [9.17, 15) is 4.79 Å². The number of fused-ring (bicyclic) bond motifs is 1. The highest BCUT2D eigenvalue weighted by Crippen LogP contribution is 2.31. The minimum absolute atomic E-state index is 0.0182. The Morgan fingerprint density at radius 3 is 2.86 bits per heavy atom. The third-order valence-electron chi connectivity index (χ3n) is 1.90. The van der Waals surface area contributed by atoms with Gasteiger partial charge in [-0.3, -0.25) is 4.68 Å². The predicted octanol–water partition coefficient (Wildman–Crippen LogP) is 2.02. The van der Waals surface area contributed by atoms with Gasteiger partial charge in [0.1, 0.15) is 16.7 Å². The minimum atomic E-state index is -1.09. The number of carboxylic acid groups (broad SMARTS) is 1. The van der Waals surface area contributed by atoms with Crippen LogP contribution in [-0.4, -0.2) is 25.8 Å². The van der Waals surface area contributed by atoms with E-state index in [1.807, 2.05) is 0 Å². The summed E-state index contributed by atoms with van der Waals surface area (Å²) < 4.78 is 2.06. The van der Waals surface area contributed by atoms with Crippen LogP contribution in [0.2, 0.25) is 5.02 Å². The van der Waals surface area contributed by atoms with Gasteiger partial charge in [0, 0.05) is 7.05 Å². The molecule has 0 aliphatic carbocycles. The van der Waals surface area contributed by atoms with Crippen LogP contribution in [0.4, 0.5) is 0 Å². The van der Waals surface area contributed by atoms with Crippen LogP contribution in [0.1, 0.15) is 10.5 Å². The number of H-pyrrole nitrogens is 1. The van der Waals surface area contributed by atoms with E-state index in [2.05, 4.69) is 26.0 Å². The zero-order valence-electron chi connectivity index (χ0n) is 7.01. The lowest BCUT2D eigenvalue weighted by Crippen LogP contribution is -1.98. The second kappa shape index (κ2) is 2.99. The molecule has 0 amide bonds. The van der Waals surface area contributed by atoms with Crippen molar-refractivity contribution < 1.29 is 9.90 Å². The minimum Gasteiger partial charge on any atom is -0.477 e. The fourth-order valence-corrected chi connectivity index (χ4v) is 2.17. The average Bonchev–Trinajstić information content (AvgIpc) is 2.54. The van der Waals surface area contributed by atoms with E-state index in [0.717, 1.165) is 0 Å². The van der Waals surface area contributed by atoms with Crippen LogP contribution < -0.4 is 0 Å². The fourth-order valence-electron chi connectivity index (χ4n) is 1.30. The van der Waals surface area contributed by atoms with Crippen LogP contribution in [0.25, 0.3) is 11.0 Å². The van der Waals surface area contributed by atoms with Crippen LogP contribution in [0, 0.1) is 0 Å². The Balaban J connectivity index is 2.87. The summed E-state index contributed by atoms with van der Waals surface area (Å²) >= 11 is 9.08. The van der Waals surface area contributed by atoms with E-state index in [4.69, 9.17) is 16.7 Å². The number of aryl methyl sites for hydroxylation is 1. The highest BCUT2D eigenvalue weighted by Gasteiger charge is 2.20. The number of aromatic nitrogens is 3. The third-order valence-corrected chi connectivity index (χ3v) is 2.82. The van der Waals surface area contributed by atoms with Crippen molar-refractivity contribution in [3.8, 4) is 0 Å². The maximum Gasteiger partial charge on any atom is 0.353 e. The molecule has 2 rings (SSSR count). The molecule has 0 bridgehead atoms. The predicted molar refractivity (Wildman–Crippen MR) is 54.7 cm³/mol. The molecule has 7 heteroatoms. The Bertz CT molecular complexity index is 530. The SMILES string of the molecule is Cn1nc(Br)c2[nH]c(C(=O)O)c(Cl)c21. The van der Waals surface area contributed by atoms with Gasteiger partial charge < -0.3 is 10.1 Å². The van der Waals surface area contributed by atoms with Gasteiger partial charge in [-0.15, -0.1) is 0 Å². The molecule has 74 valence electrons. The van der Waals surface area contributed by atoms with Gasteiger partial charge in [-0.2, -0.15) is 5.10 Å². The van der Waals surface area contributed by atoms with Crippen molar-refractivity contribution in [2.75, 3.05) is 0 Å². The normalized spacial score (nSPS) is 11.1. The van der Waals surface area contributed by atoms with E-state index in [-0.39, 0.29) is 10.7 Å². The number of hydrogen-bond donors (Lipinski definition) is 2. The van der Waals surface area contributed by atoms with Gasteiger partial charge in [0.25, 0.3) is 0 Å². The molecular formula is C7H5BrClN3O2. The molecule has 0 aliphatic heterocycles. The Labute approximate surface area is 91.8 Å². The molecule has 0 fully saturated rings. The number of nitrogens with zero attached hydrogens (tertiary/aromatic N) is 2. The van der Waals surface area contributed by atoms with Crippen molar-refractivity contribution in [1.29, 1.82) is 0 Å². The van der Waals surface area contributed by atoms with Gasteiger partial charge >= 0.3 is 5.97 Å². The second-order valence-electron chi connectivity index (χ2n) is 2.76. The summed E-state index contributed by atoms with van der Waals surface area (Å²) in [4.78, 5) is 13.4. The first-order valence-corrected chi connectivity index (χ1v) is 4.82. The third kappa shape index (κ3) is 1.14. The maximum atomic E-state index is 10.8. The summed E-state index contributed by atoms with van der Waals surface area (Å²) in [6.45, 7) is 0. The zero-order chi connectivity index (χ0) is 10.5. The second-order valence-corrected chi connectivity index (χ2v) is 3.89. The number of aromatic carboxylic acids is 1. The molecule has 2 heterocycles. The van der Waals surface area contributed by atoms with Gasteiger partial charge in [-0.1, -0.05) is 11.6 Å². The molecule has 2 aromatic rings. The Hall–Kier alpha value is -1.01. The lowest BCUT2D eigenvalue weighted by molar-refractivity contribution is 0.0691. The summed E-state index contributed by atoms with van der Waals surface area (Å²) in [6, 6.07) is 0. The number of carbonyl (C=O) groups is 1. The van der Waals surface area contributed by atoms with Gasteiger partial charge in [-0.05, 0) is 15.9 Å². The van der Waals surface area contributed by atoms with Gasteiger partial charge in [0.2, 0.25) is 0 Å². The molecule has 0 saturated heterocycles. The average molecular weight is 278 g/mol. The molecule has 0 aromatic carbocycles. The first-order valence-electron chi connectivity index (χ1n) is 3.65. The van der Waals surface area contributed by atoms with E-state index in [1.165, 1.54) is 4.68 Å². The molecule has 0 radical (unpaired) electrons. The molecular weight excluding hydrogens is 273 g/mol. The quantitative estimate of drug-likeness (QED) is 0.838. The summed E-state index contributed by atoms with van der Waals surface area (Å²) in [5, 5.41) is 13.0. The molecule has 0 spiro atoms. The van der Waals surface area contributed by atoms with Gasteiger partial charge in [0.05, 0.1) is 5.02 Å². The van der Waals surface area contributed by atoms with Crippen LogP contribution in [-0.2, 0) is 7.05 Å². The summed E-state index contributed by atoms with van der Waals surface area (Å²) in [5.41, 5.74) is 1.15. The highest BCUT2D eigenvalue weighted by molar-refractivity contribution is 9.10. The molecule has 5 nitrogen and oxygen atoms in total. The monoisotopic (exact) mass is 277 g/mol. The standard InChI is InChI=1S/C7H5BrClN3O2/c1-12-5-2(9)3(7(13)14)10-4(5)6(8)11-12/h10H,1H3,(H,13,14). The Morgan fingerprint density at radius 2 is 2.36 bits per heavy atom. The molecule has 14 heavy (non-hydrogen) atoms. The molecule has 2 N–H and O–H groups in total. The fraction of sp³-hybridized carbons (Fsp3) is 0.143. The molecule has 0 saturated carbocycles. The molecule has 0 atom stereocenters. The number of rotatable bonds is 1. The van der Waals surface area contributed by atoms with Gasteiger partial charge in [-0.25, -0.2) is 4.79 Å². The van der Waals surface area contributed by atoms with Crippen LogP contribution in [0.5, 0.6) is 0 Å². The number of halogens is 2. The number of aromatic amines is 1. The lowest BCUT2D eigenvalue weighted by Gasteiger charge is -1.91. The largest absolute Gasteiger partial charge is 0.477 e. The maximum absolute atomic E-state index is 10.8. The first kappa shape index (κ1) is 9.54. The van der Waals surface area contributed by atoms with Crippen molar-refractivity contribution in [2.24, 2.45) is 7.05 Å². The van der Waals surface area contributed by atoms with Crippen LogP contribution >= 0.6 is 27.5 Å². The van der Waals surface area contributed by atoms with E-state index in [0.29, 0.717) is 15.6 Å². The summed E-state index contributed by atoms with van der Waals surface area (Å²) in [5.74, 6) is -1.09. The number of hydrogen-bond acceptors (Lipinski definition) is 2.